The fraction of sp³-hybridized carbons (Fsp3) is 0.533. The van der Waals surface area contributed by atoms with E-state index in [1.807, 2.05) is 31.2 Å². The quantitative estimate of drug-likeness (QED) is 0.780. The van der Waals surface area contributed by atoms with Crippen molar-refractivity contribution in [3.63, 3.8) is 0 Å². The number of aliphatic hydroxyl groups excluding tert-OH is 1. The molecule has 0 aliphatic heterocycles. The first-order chi connectivity index (χ1) is 8.67. The van der Waals surface area contributed by atoms with E-state index in [0.717, 1.165) is 25.7 Å². The van der Waals surface area contributed by atoms with Crippen molar-refractivity contribution in [1.82, 2.24) is 5.32 Å². The molecule has 0 radical (unpaired) electrons. The lowest BCUT2D eigenvalue weighted by molar-refractivity contribution is 0.0910. The summed E-state index contributed by atoms with van der Waals surface area (Å²) in [6.07, 6.45) is 3.34. The summed E-state index contributed by atoms with van der Waals surface area (Å²) in [6.45, 7) is 4.47. The second kappa shape index (κ2) is 7.88. The van der Waals surface area contributed by atoms with Gasteiger partial charge in [-0.05, 0) is 30.5 Å². The third-order valence-corrected chi connectivity index (χ3v) is 2.87. The maximum Gasteiger partial charge on any atom is 0.251 e. The van der Waals surface area contributed by atoms with Crippen LogP contribution in [0.15, 0.2) is 24.3 Å². The Labute approximate surface area is 109 Å². The molecule has 3 nitrogen and oxygen atoms in total. The van der Waals surface area contributed by atoms with Crippen molar-refractivity contribution in [2.45, 2.75) is 45.6 Å². The highest BCUT2D eigenvalue weighted by Crippen LogP contribution is 2.06. The number of nitrogens with one attached hydrogen (secondary N) is 1. The second-order valence-electron chi connectivity index (χ2n) is 4.60. The molecule has 0 heterocycles. The smallest absolute Gasteiger partial charge is 0.251 e. The number of carbonyl (C=O) groups is 1. The Morgan fingerprint density at radius 3 is 2.44 bits per heavy atom. The van der Waals surface area contributed by atoms with Crippen LogP contribution >= 0.6 is 0 Å². The lowest BCUT2D eigenvalue weighted by Gasteiger charge is -2.10. The van der Waals surface area contributed by atoms with Crippen molar-refractivity contribution >= 4 is 5.91 Å². The molecule has 1 unspecified atom stereocenters. The minimum atomic E-state index is -0.446. The van der Waals surface area contributed by atoms with Gasteiger partial charge in [-0.25, -0.2) is 0 Å². The molecule has 18 heavy (non-hydrogen) atoms. The van der Waals surface area contributed by atoms with Gasteiger partial charge < -0.3 is 10.4 Å². The molecule has 1 aromatic rings. The number of benzene rings is 1. The molecule has 0 bridgehead atoms. The summed E-state index contributed by atoms with van der Waals surface area (Å²) in [7, 11) is 0. The number of aryl methyl sites for hydroxylation is 1. The standard InChI is InChI=1S/C15H23NO2/c1-3-5-12-7-9-13(10-8-12)15(18)16-11-14(17)6-4-2/h7-10,14,17H,3-6,11H2,1-2H3,(H,16,18). The summed E-state index contributed by atoms with van der Waals surface area (Å²) in [5, 5.41) is 12.3. The molecule has 1 rings (SSSR count). The van der Waals surface area contributed by atoms with Crippen molar-refractivity contribution in [2.75, 3.05) is 6.54 Å². The van der Waals surface area contributed by atoms with E-state index in [0.29, 0.717) is 12.1 Å². The molecular weight excluding hydrogens is 226 g/mol. The normalized spacial score (nSPS) is 12.2. The lowest BCUT2D eigenvalue weighted by atomic mass is 10.1. The van der Waals surface area contributed by atoms with Crippen LogP contribution in [0.4, 0.5) is 0 Å². The maximum atomic E-state index is 11.8. The molecule has 100 valence electrons. The van der Waals surface area contributed by atoms with Crippen LogP contribution in [0.5, 0.6) is 0 Å². The molecule has 3 heteroatoms. The zero-order valence-electron chi connectivity index (χ0n) is 11.3. The number of carbonyl (C=O) groups excluding carboxylic acids is 1. The number of hydrogen-bond donors (Lipinski definition) is 2. The van der Waals surface area contributed by atoms with Gasteiger partial charge in [0.2, 0.25) is 0 Å². The van der Waals surface area contributed by atoms with Gasteiger partial charge >= 0.3 is 0 Å². The largest absolute Gasteiger partial charge is 0.391 e. The molecule has 1 amide bonds. The predicted octanol–water partition coefficient (Wildman–Crippen LogP) is 2.53. The van der Waals surface area contributed by atoms with Crippen LogP contribution in [-0.2, 0) is 6.42 Å². The Morgan fingerprint density at radius 2 is 1.89 bits per heavy atom. The van der Waals surface area contributed by atoms with Crippen LogP contribution in [0.3, 0.4) is 0 Å². The zero-order chi connectivity index (χ0) is 13.4. The summed E-state index contributed by atoms with van der Waals surface area (Å²) < 4.78 is 0. The molecule has 0 spiro atoms. The Bertz CT molecular complexity index is 359. The summed E-state index contributed by atoms with van der Waals surface area (Å²) >= 11 is 0. The van der Waals surface area contributed by atoms with Crippen LogP contribution in [0.25, 0.3) is 0 Å². The minimum absolute atomic E-state index is 0.117. The summed E-state index contributed by atoms with van der Waals surface area (Å²) in [5.74, 6) is -0.117. The zero-order valence-corrected chi connectivity index (χ0v) is 11.3. The highest BCUT2D eigenvalue weighted by Gasteiger charge is 2.08. The molecule has 0 aromatic heterocycles. The fourth-order valence-electron chi connectivity index (χ4n) is 1.86. The van der Waals surface area contributed by atoms with Crippen LogP contribution in [0.1, 0.15) is 49.0 Å². The average molecular weight is 249 g/mol. The van der Waals surface area contributed by atoms with E-state index >= 15 is 0 Å². The predicted molar refractivity (Wildman–Crippen MR) is 73.7 cm³/mol. The van der Waals surface area contributed by atoms with E-state index in [1.54, 1.807) is 0 Å². The Hall–Kier alpha value is -1.35. The van der Waals surface area contributed by atoms with Crippen molar-refractivity contribution in [3.05, 3.63) is 35.4 Å². The van der Waals surface area contributed by atoms with Crippen LogP contribution in [0, 0.1) is 0 Å². The number of aliphatic hydroxyl groups is 1. The topological polar surface area (TPSA) is 49.3 Å². The van der Waals surface area contributed by atoms with Crippen molar-refractivity contribution < 1.29 is 9.90 Å². The first-order valence-corrected chi connectivity index (χ1v) is 6.72. The Morgan fingerprint density at radius 1 is 1.22 bits per heavy atom. The number of amides is 1. The van der Waals surface area contributed by atoms with E-state index in [4.69, 9.17) is 0 Å². The van der Waals surface area contributed by atoms with E-state index in [9.17, 15) is 9.90 Å². The van der Waals surface area contributed by atoms with Crippen molar-refractivity contribution in [3.8, 4) is 0 Å². The third kappa shape index (κ3) is 4.88. The van der Waals surface area contributed by atoms with E-state index in [2.05, 4.69) is 12.2 Å². The first kappa shape index (κ1) is 14.7. The van der Waals surface area contributed by atoms with Crippen molar-refractivity contribution in [2.24, 2.45) is 0 Å². The van der Waals surface area contributed by atoms with E-state index < -0.39 is 6.10 Å². The monoisotopic (exact) mass is 249 g/mol. The molecule has 0 saturated carbocycles. The molecule has 0 aliphatic carbocycles. The van der Waals surface area contributed by atoms with Gasteiger partial charge in [0, 0.05) is 12.1 Å². The summed E-state index contributed by atoms with van der Waals surface area (Å²) in [4.78, 5) is 11.8. The number of hydrogen-bond acceptors (Lipinski definition) is 2. The van der Waals surface area contributed by atoms with E-state index in [1.165, 1.54) is 5.56 Å². The fourth-order valence-corrected chi connectivity index (χ4v) is 1.86. The molecule has 2 N–H and O–H groups in total. The molecule has 1 atom stereocenters. The first-order valence-electron chi connectivity index (χ1n) is 6.72. The van der Waals surface area contributed by atoms with E-state index in [-0.39, 0.29) is 5.91 Å². The molecule has 1 aromatic carbocycles. The Kier molecular flexibility index (Phi) is 6.44. The SMILES string of the molecule is CCCc1ccc(C(=O)NCC(O)CCC)cc1. The van der Waals surface area contributed by atoms with Crippen molar-refractivity contribution in [1.29, 1.82) is 0 Å². The van der Waals surface area contributed by atoms with Gasteiger partial charge in [0.15, 0.2) is 0 Å². The van der Waals surface area contributed by atoms with Gasteiger partial charge in [0.05, 0.1) is 6.10 Å². The third-order valence-electron chi connectivity index (χ3n) is 2.87. The lowest BCUT2D eigenvalue weighted by Crippen LogP contribution is -2.31. The summed E-state index contributed by atoms with van der Waals surface area (Å²) in [5.41, 5.74) is 1.90. The minimum Gasteiger partial charge on any atom is -0.391 e. The van der Waals surface area contributed by atoms with Gasteiger partial charge in [0.1, 0.15) is 0 Å². The van der Waals surface area contributed by atoms with Gasteiger partial charge in [0.25, 0.3) is 5.91 Å². The Balaban J connectivity index is 2.46. The highest BCUT2D eigenvalue weighted by molar-refractivity contribution is 5.94. The average Bonchev–Trinajstić information content (AvgIpc) is 2.37. The molecular formula is C15H23NO2. The summed E-state index contributed by atoms with van der Waals surface area (Å²) in [6, 6.07) is 7.65. The number of rotatable bonds is 7. The van der Waals surface area contributed by atoms with Gasteiger partial charge in [-0.15, -0.1) is 0 Å². The highest BCUT2D eigenvalue weighted by atomic mass is 16.3. The van der Waals surface area contributed by atoms with Crippen LogP contribution in [-0.4, -0.2) is 23.7 Å². The van der Waals surface area contributed by atoms with Gasteiger partial charge in [-0.1, -0.05) is 38.8 Å². The maximum absolute atomic E-state index is 11.8. The molecule has 0 saturated heterocycles. The second-order valence-corrected chi connectivity index (χ2v) is 4.60. The molecule has 0 aliphatic rings. The molecule has 0 fully saturated rings. The van der Waals surface area contributed by atoms with Gasteiger partial charge in [-0.2, -0.15) is 0 Å². The van der Waals surface area contributed by atoms with Crippen LogP contribution < -0.4 is 5.32 Å². The van der Waals surface area contributed by atoms with Gasteiger partial charge in [-0.3, -0.25) is 4.79 Å². The van der Waals surface area contributed by atoms with Crippen LogP contribution in [0.2, 0.25) is 0 Å².